The van der Waals surface area contributed by atoms with Crippen LogP contribution in [-0.2, 0) is 10.0 Å². The Balaban J connectivity index is 1.72. The van der Waals surface area contributed by atoms with Gasteiger partial charge in [-0.1, -0.05) is 19.3 Å². The van der Waals surface area contributed by atoms with Crippen LogP contribution in [0.2, 0.25) is 0 Å². The average Bonchev–Trinajstić information content (AvgIpc) is 3.07. The fourth-order valence-corrected chi connectivity index (χ4v) is 4.06. The van der Waals surface area contributed by atoms with E-state index < -0.39 is 10.0 Å². The molecule has 0 spiro atoms. The molecule has 1 N–H and O–H groups in total. The van der Waals surface area contributed by atoms with Gasteiger partial charge in [-0.25, -0.2) is 12.7 Å². The number of rotatable bonds is 6. The van der Waals surface area contributed by atoms with Crippen molar-refractivity contribution in [2.75, 3.05) is 25.4 Å². The summed E-state index contributed by atoms with van der Waals surface area (Å²) in [5, 5.41) is 3.37. The van der Waals surface area contributed by atoms with Gasteiger partial charge in [0.1, 0.15) is 0 Å². The summed E-state index contributed by atoms with van der Waals surface area (Å²) in [5.74, 6) is 0.312. The van der Waals surface area contributed by atoms with Gasteiger partial charge in [0.05, 0.1) is 5.75 Å². The predicted octanol–water partition coefficient (Wildman–Crippen LogP) is 1.72. The first-order chi connectivity index (χ1) is 8.68. The van der Waals surface area contributed by atoms with Crippen molar-refractivity contribution < 1.29 is 8.42 Å². The maximum atomic E-state index is 12.2. The molecular formula is C13H26N2O2S. The summed E-state index contributed by atoms with van der Waals surface area (Å²) in [7, 11) is -3.01. The summed E-state index contributed by atoms with van der Waals surface area (Å²) in [6.07, 6.45) is 8.94. The van der Waals surface area contributed by atoms with E-state index in [9.17, 15) is 8.42 Å². The van der Waals surface area contributed by atoms with Gasteiger partial charge in [0.2, 0.25) is 10.0 Å². The fraction of sp³-hybridized carbons (Fsp3) is 1.00. The Kier molecular flexibility index (Phi) is 5.45. The Labute approximate surface area is 111 Å². The monoisotopic (exact) mass is 274 g/mol. The van der Waals surface area contributed by atoms with E-state index in [1.807, 2.05) is 0 Å². The Bertz CT molecular complexity index is 331. The van der Waals surface area contributed by atoms with Crippen LogP contribution in [0.1, 0.15) is 51.4 Å². The van der Waals surface area contributed by atoms with Crippen LogP contribution in [-0.4, -0.2) is 44.2 Å². The van der Waals surface area contributed by atoms with E-state index in [0.717, 1.165) is 38.9 Å². The minimum absolute atomic E-state index is 0.312. The lowest BCUT2D eigenvalue weighted by Crippen LogP contribution is -2.36. The lowest BCUT2D eigenvalue weighted by Gasteiger charge is -2.24. The van der Waals surface area contributed by atoms with Crippen molar-refractivity contribution in [3.8, 4) is 0 Å². The van der Waals surface area contributed by atoms with Gasteiger partial charge in [-0.15, -0.1) is 0 Å². The largest absolute Gasteiger partial charge is 0.314 e. The molecule has 0 unspecified atom stereocenters. The maximum absolute atomic E-state index is 12.2. The van der Waals surface area contributed by atoms with Crippen LogP contribution in [0.25, 0.3) is 0 Å². The van der Waals surface area contributed by atoms with Crippen LogP contribution in [0.3, 0.4) is 0 Å². The van der Waals surface area contributed by atoms with Gasteiger partial charge < -0.3 is 5.32 Å². The molecule has 1 heterocycles. The molecule has 0 atom stereocenters. The number of sulfonamides is 1. The molecule has 0 aromatic rings. The van der Waals surface area contributed by atoms with Crippen LogP contribution in [0.4, 0.5) is 0 Å². The topological polar surface area (TPSA) is 49.4 Å². The normalized spacial score (nSPS) is 23.6. The standard InChI is InChI=1S/C13H26N2O2S/c16-18(17,12-6-9-14-13-7-8-13)15-10-4-2-1-3-5-11-15/h13-14H,1-12H2. The molecule has 1 saturated heterocycles. The van der Waals surface area contributed by atoms with Crippen molar-refractivity contribution in [3.05, 3.63) is 0 Å². The van der Waals surface area contributed by atoms with E-state index in [2.05, 4.69) is 5.32 Å². The first-order valence-corrected chi connectivity index (χ1v) is 9.00. The number of hydrogen-bond donors (Lipinski definition) is 1. The zero-order valence-corrected chi connectivity index (χ0v) is 12.1. The average molecular weight is 274 g/mol. The van der Waals surface area contributed by atoms with Crippen molar-refractivity contribution in [1.82, 2.24) is 9.62 Å². The molecule has 0 bridgehead atoms. The third kappa shape index (κ3) is 4.86. The molecule has 0 aromatic carbocycles. The molecule has 2 aliphatic rings. The van der Waals surface area contributed by atoms with Crippen LogP contribution < -0.4 is 5.32 Å². The molecule has 1 aliphatic carbocycles. The second kappa shape index (κ2) is 6.87. The van der Waals surface area contributed by atoms with Crippen LogP contribution >= 0.6 is 0 Å². The molecule has 4 nitrogen and oxygen atoms in total. The fourth-order valence-electron chi connectivity index (χ4n) is 2.47. The smallest absolute Gasteiger partial charge is 0.214 e. The molecule has 1 saturated carbocycles. The van der Waals surface area contributed by atoms with E-state index in [1.54, 1.807) is 4.31 Å². The van der Waals surface area contributed by atoms with Gasteiger partial charge in [0, 0.05) is 19.1 Å². The highest BCUT2D eigenvalue weighted by Gasteiger charge is 2.23. The van der Waals surface area contributed by atoms with Crippen LogP contribution in [0.15, 0.2) is 0 Å². The second-order valence-electron chi connectivity index (χ2n) is 5.56. The molecule has 18 heavy (non-hydrogen) atoms. The molecule has 2 rings (SSSR count). The molecular weight excluding hydrogens is 248 g/mol. The summed E-state index contributed by atoms with van der Waals surface area (Å²) in [6.45, 7) is 2.31. The van der Waals surface area contributed by atoms with Crippen molar-refractivity contribution >= 4 is 10.0 Å². The highest BCUT2D eigenvalue weighted by Crippen LogP contribution is 2.18. The summed E-state index contributed by atoms with van der Waals surface area (Å²) in [5.41, 5.74) is 0. The summed E-state index contributed by atoms with van der Waals surface area (Å²) in [4.78, 5) is 0. The van der Waals surface area contributed by atoms with Gasteiger partial charge in [0.25, 0.3) is 0 Å². The first-order valence-electron chi connectivity index (χ1n) is 7.40. The lowest BCUT2D eigenvalue weighted by molar-refractivity contribution is 0.363. The minimum atomic E-state index is -3.01. The summed E-state index contributed by atoms with van der Waals surface area (Å²) < 4.78 is 26.1. The van der Waals surface area contributed by atoms with Gasteiger partial charge >= 0.3 is 0 Å². The second-order valence-corrected chi connectivity index (χ2v) is 7.65. The van der Waals surface area contributed by atoms with Crippen molar-refractivity contribution in [1.29, 1.82) is 0 Å². The first kappa shape index (κ1) is 14.3. The SMILES string of the molecule is O=S(=O)(CCCNC1CC1)N1CCCCCCC1. The molecule has 5 heteroatoms. The summed E-state index contributed by atoms with van der Waals surface area (Å²) >= 11 is 0. The highest BCUT2D eigenvalue weighted by molar-refractivity contribution is 7.89. The third-order valence-electron chi connectivity index (χ3n) is 3.80. The zero-order chi connectivity index (χ0) is 12.8. The molecule has 0 radical (unpaired) electrons. The van der Waals surface area contributed by atoms with Crippen molar-refractivity contribution in [2.45, 2.75) is 57.4 Å². The lowest BCUT2D eigenvalue weighted by atomic mass is 10.1. The van der Waals surface area contributed by atoms with E-state index in [4.69, 9.17) is 0 Å². The van der Waals surface area contributed by atoms with E-state index in [-0.39, 0.29) is 0 Å². The number of nitrogens with one attached hydrogen (secondary N) is 1. The van der Waals surface area contributed by atoms with Crippen LogP contribution in [0.5, 0.6) is 0 Å². The van der Waals surface area contributed by atoms with Gasteiger partial charge in [-0.05, 0) is 38.6 Å². The number of hydrogen-bond acceptors (Lipinski definition) is 3. The van der Waals surface area contributed by atoms with Crippen molar-refractivity contribution in [3.63, 3.8) is 0 Å². The third-order valence-corrected chi connectivity index (χ3v) is 5.75. The van der Waals surface area contributed by atoms with Gasteiger partial charge in [-0.3, -0.25) is 0 Å². The predicted molar refractivity (Wildman–Crippen MR) is 74.1 cm³/mol. The van der Waals surface area contributed by atoms with E-state index in [0.29, 0.717) is 11.8 Å². The number of nitrogens with zero attached hydrogens (tertiary/aromatic N) is 1. The molecule has 0 aromatic heterocycles. The minimum Gasteiger partial charge on any atom is -0.314 e. The Hall–Kier alpha value is -0.130. The molecule has 0 amide bonds. The zero-order valence-electron chi connectivity index (χ0n) is 11.2. The van der Waals surface area contributed by atoms with Gasteiger partial charge in [0.15, 0.2) is 0 Å². The Morgan fingerprint density at radius 2 is 1.61 bits per heavy atom. The quantitative estimate of drug-likeness (QED) is 0.750. The molecule has 1 aliphatic heterocycles. The highest BCUT2D eigenvalue weighted by atomic mass is 32.2. The van der Waals surface area contributed by atoms with Gasteiger partial charge in [-0.2, -0.15) is 0 Å². The van der Waals surface area contributed by atoms with E-state index in [1.165, 1.54) is 32.1 Å². The van der Waals surface area contributed by atoms with Crippen LogP contribution in [0, 0.1) is 0 Å². The summed E-state index contributed by atoms with van der Waals surface area (Å²) in [6, 6.07) is 0.675. The molecule has 106 valence electrons. The van der Waals surface area contributed by atoms with Crippen molar-refractivity contribution in [2.24, 2.45) is 0 Å². The Morgan fingerprint density at radius 1 is 1.00 bits per heavy atom. The van der Waals surface area contributed by atoms with E-state index >= 15 is 0 Å². The molecule has 2 fully saturated rings. The Morgan fingerprint density at radius 3 is 2.22 bits per heavy atom. The maximum Gasteiger partial charge on any atom is 0.214 e.